The lowest BCUT2D eigenvalue weighted by Gasteiger charge is -2.15. The Morgan fingerprint density at radius 3 is 2.76 bits per heavy atom. The summed E-state index contributed by atoms with van der Waals surface area (Å²) in [5.74, 6) is 2.05. The molecule has 0 aromatic heterocycles. The van der Waals surface area contributed by atoms with Crippen LogP contribution in [0.5, 0.6) is 11.5 Å². The second kappa shape index (κ2) is 10.4. The highest BCUT2D eigenvalue weighted by Gasteiger charge is 2.37. The van der Waals surface area contributed by atoms with Crippen molar-refractivity contribution >= 4 is 50.9 Å². The van der Waals surface area contributed by atoms with Crippen LogP contribution in [0.15, 0.2) is 21.5 Å². The first kappa shape index (κ1) is 22.8. The normalized spacial score (nSPS) is 16.0. The van der Waals surface area contributed by atoms with E-state index in [4.69, 9.17) is 20.6 Å². The third-order valence-electron chi connectivity index (χ3n) is 3.92. The van der Waals surface area contributed by atoms with E-state index in [9.17, 15) is 14.4 Å². The van der Waals surface area contributed by atoms with Crippen molar-refractivity contribution in [3.8, 4) is 23.8 Å². The Hall–Kier alpha value is -2.44. The third kappa shape index (κ3) is 5.78. The Balaban J connectivity index is 2.21. The number of thioether (sulfide) groups is 1. The quantitative estimate of drug-likeness (QED) is 0.316. The number of terminal acetylenes is 1. The van der Waals surface area contributed by atoms with Gasteiger partial charge in [-0.25, -0.2) is 0 Å². The van der Waals surface area contributed by atoms with Crippen LogP contribution in [-0.2, 0) is 14.3 Å². The van der Waals surface area contributed by atoms with E-state index in [1.807, 2.05) is 6.92 Å². The number of amides is 2. The maximum absolute atomic E-state index is 12.6. The van der Waals surface area contributed by atoms with Crippen molar-refractivity contribution in [2.75, 3.05) is 20.3 Å². The molecule has 9 heteroatoms. The number of rotatable bonds is 8. The van der Waals surface area contributed by atoms with Gasteiger partial charge in [-0.1, -0.05) is 12.8 Å². The lowest BCUT2D eigenvalue weighted by molar-refractivity contribution is -0.150. The molecule has 1 aromatic rings. The van der Waals surface area contributed by atoms with E-state index in [1.54, 1.807) is 25.1 Å². The first-order valence-electron chi connectivity index (χ1n) is 8.69. The largest absolute Gasteiger partial charge is 0.493 e. The summed E-state index contributed by atoms with van der Waals surface area (Å²) in [6.45, 7) is 3.27. The van der Waals surface area contributed by atoms with E-state index < -0.39 is 23.7 Å². The van der Waals surface area contributed by atoms with Gasteiger partial charge in [-0.05, 0) is 64.8 Å². The molecular weight excluding hydrogens is 462 g/mol. The Morgan fingerprint density at radius 2 is 2.14 bits per heavy atom. The molecule has 1 saturated heterocycles. The number of nitrogens with zero attached hydrogens (tertiary/aromatic N) is 1. The lowest BCUT2D eigenvalue weighted by Crippen LogP contribution is -2.35. The van der Waals surface area contributed by atoms with Crippen molar-refractivity contribution in [2.45, 2.75) is 26.4 Å². The fourth-order valence-electron chi connectivity index (χ4n) is 2.34. The first-order valence-corrected chi connectivity index (χ1v) is 10.3. The maximum atomic E-state index is 12.6. The van der Waals surface area contributed by atoms with E-state index in [1.165, 1.54) is 7.11 Å². The second-order valence-electron chi connectivity index (χ2n) is 6.00. The predicted octanol–water partition coefficient (Wildman–Crippen LogP) is 3.85. The molecule has 0 unspecified atom stereocenters. The van der Waals surface area contributed by atoms with Gasteiger partial charge < -0.3 is 14.2 Å². The van der Waals surface area contributed by atoms with Gasteiger partial charge in [-0.2, -0.15) is 0 Å². The van der Waals surface area contributed by atoms with Crippen LogP contribution in [0.4, 0.5) is 4.79 Å². The Kier molecular flexibility index (Phi) is 8.17. The molecule has 1 aliphatic heterocycles. The molecule has 0 radical (unpaired) electrons. The second-order valence-corrected chi connectivity index (χ2v) is 7.85. The molecule has 0 bridgehead atoms. The summed E-state index contributed by atoms with van der Waals surface area (Å²) >= 11 is 4.14. The minimum atomic E-state index is -0.623. The lowest BCUT2D eigenvalue weighted by atomic mass is 10.2. The zero-order chi connectivity index (χ0) is 21.6. The highest BCUT2D eigenvalue weighted by Crippen LogP contribution is 2.39. The van der Waals surface area contributed by atoms with Crippen molar-refractivity contribution in [2.24, 2.45) is 0 Å². The molecule has 154 valence electrons. The molecular formula is C20H20BrNO6S. The first-order chi connectivity index (χ1) is 13.8. The highest BCUT2D eigenvalue weighted by molar-refractivity contribution is 9.10. The number of imide groups is 1. The van der Waals surface area contributed by atoms with Crippen molar-refractivity contribution < 1.29 is 28.6 Å². The van der Waals surface area contributed by atoms with Gasteiger partial charge in [0.1, 0.15) is 13.2 Å². The van der Waals surface area contributed by atoms with Crippen molar-refractivity contribution in [1.29, 1.82) is 0 Å². The molecule has 0 aliphatic carbocycles. The number of carbonyl (C=O) groups is 3. The van der Waals surface area contributed by atoms with Gasteiger partial charge in [0.15, 0.2) is 11.5 Å². The molecule has 1 aromatic carbocycles. The van der Waals surface area contributed by atoms with Crippen LogP contribution in [0.25, 0.3) is 6.08 Å². The fourth-order valence-corrected chi connectivity index (χ4v) is 3.75. The van der Waals surface area contributed by atoms with Crippen molar-refractivity contribution in [3.05, 3.63) is 27.1 Å². The summed E-state index contributed by atoms with van der Waals surface area (Å²) in [6, 6.07) is 3.36. The molecule has 1 atom stereocenters. The summed E-state index contributed by atoms with van der Waals surface area (Å²) in [6.07, 6.45) is 7.13. The number of ether oxygens (including phenoxy) is 3. The van der Waals surface area contributed by atoms with Gasteiger partial charge in [0.05, 0.1) is 22.6 Å². The average molecular weight is 482 g/mol. The minimum Gasteiger partial charge on any atom is -0.493 e. The number of esters is 1. The third-order valence-corrected chi connectivity index (χ3v) is 5.41. The van der Waals surface area contributed by atoms with Crippen LogP contribution in [-0.4, -0.2) is 48.4 Å². The van der Waals surface area contributed by atoms with Gasteiger partial charge in [0.2, 0.25) is 0 Å². The van der Waals surface area contributed by atoms with Gasteiger partial charge in [0.25, 0.3) is 11.1 Å². The number of halogens is 1. The SMILES string of the molecule is C#CCOc1c(Br)cc(/C=C2\SC(=O)N(CC(=O)O[C@@H](C)CC)C2=O)cc1OC. The Labute approximate surface area is 181 Å². The van der Waals surface area contributed by atoms with Gasteiger partial charge in [-0.3, -0.25) is 19.3 Å². The van der Waals surface area contributed by atoms with Crippen LogP contribution in [0, 0.1) is 12.3 Å². The van der Waals surface area contributed by atoms with Gasteiger partial charge in [-0.15, -0.1) is 6.42 Å². The maximum Gasteiger partial charge on any atom is 0.326 e. The van der Waals surface area contributed by atoms with E-state index in [2.05, 4.69) is 21.9 Å². The predicted molar refractivity (Wildman–Crippen MR) is 114 cm³/mol. The van der Waals surface area contributed by atoms with E-state index in [0.29, 0.717) is 28.0 Å². The monoisotopic (exact) mass is 481 g/mol. The standard InChI is InChI=1S/C20H20BrNO6S/c1-5-7-27-18-14(21)8-13(9-15(18)26-4)10-16-19(24)22(20(25)29-16)11-17(23)28-12(3)6-2/h1,8-10,12H,6-7,11H2,2-4H3/b16-10-/t12-/m0/s1. The average Bonchev–Trinajstić information content (AvgIpc) is 2.93. The smallest absolute Gasteiger partial charge is 0.326 e. The highest BCUT2D eigenvalue weighted by atomic mass is 79.9. The molecule has 0 saturated carbocycles. The number of carbonyl (C=O) groups excluding carboxylic acids is 3. The molecule has 0 N–H and O–H groups in total. The zero-order valence-corrected chi connectivity index (χ0v) is 18.6. The summed E-state index contributed by atoms with van der Waals surface area (Å²) in [7, 11) is 1.48. The Morgan fingerprint density at radius 1 is 1.41 bits per heavy atom. The molecule has 29 heavy (non-hydrogen) atoms. The number of hydrogen-bond acceptors (Lipinski definition) is 7. The van der Waals surface area contributed by atoms with E-state index in [0.717, 1.165) is 16.7 Å². The summed E-state index contributed by atoms with van der Waals surface area (Å²) < 4.78 is 16.5. The molecule has 0 spiro atoms. The molecule has 2 rings (SSSR count). The van der Waals surface area contributed by atoms with Crippen LogP contribution in [0.2, 0.25) is 0 Å². The van der Waals surface area contributed by atoms with E-state index in [-0.39, 0.29) is 17.6 Å². The van der Waals surface area contributed by atoms with Crippen LogP contribution < -0.4 is 9.47 Å². The number of hydrogen-bond donors (Lipinski definition) is 0. The van der Waals surface area contributed by atoms with Crippen LogP contribution in [0.3, 0.4) is 0 Å². The molecule has 7 nitrogen and oxygen atoms in total. The number of methoxy groups -OCH3 is 1. The summed E-state index contributed by atoms with van der Waals surface area (Å²) in [4.78, 5) is 37.8. The van der Waals surface area contributed by atoms with E-state index >= 15 is 0 Å². The van der Waals surface area contributed by atoms with Crippen molar-refractivity contribution in [1.82, 2.24) is 4.90 Å². The van der Waals surface area contributed by atoms with Crippen LogP contribution >= 0.6 is 27.7 Å². The number of benzene rings is 1. The molecule has 1 aliphatic rings. The fraction of sp³-hybridized carbons (Fsp3) is 0.350. The summed E-state index contributed by atoms with van der Waals surface area (Å²) in [5, 5.41) is -0.526. The van der Waals surface area contributed by atoms with Crippen molar-refractivity contribution in [3.63, 3.8) is 0 Å². The summed E-state index contributed by atoms with van der Waals surface area (Å²) in [5.41, 5.74) is 0.606. The minimum absolute atomic E-state index is 0.0694. The molecule has 1 fully saturated rings. The Bertz CT molecular complexity index is 892. The topological polar surface area (TPSA) is 82.1 Å². The molecule has 2 amide bonds. The van der Waals surface area contributed by atoms with Crippen LogP contribution in [0.1, 0.15) is 25.8 Å². The zero-order valence-electron chi connectivity index (χ0n) is 16.2. The van der Waals surface area contributed by atoms with Gasteiger partial charge >= 0.3 is 5.97 Å². The molecule has 1 heterocycles. The van der Waals surface area contributed by atoms with Gasteiger partial charge in [0, 0.05) is 0 Å².